The molecule has 4 rings (SSSR count). The third kappa shape index (κ3) is 2.55. The Labute approximate surface area is 135 Å². The maximum absolute atomic E-state index is 12.7. The SMILES string of the molecule is Cc1ccoc1C(=O)N1CC[C@@H]2[C@@H]1CCN2Cc1ccccn1. The second-order valence-corrected chi connectivity index (χ2v) is 6.43. The molecule has 0 N–H and O–H groups in total. The summed E-state index contributed by atoms with van der Waals surface area (Å²) in [5.74, 6) is 0.536. The van der Waals surface area contributed by atoms with Gasteiger partial charge in [-0.15, -0.1) is 0 Å². The Balaban J connectivity index is 1.48. The van der Waals surface area contributed by atoms with Crippen LogP contribution in [0.5, 0.6) is 0 Å². The molecule has 2 aliphatic rings. The van der Waals surface area contributed by atoms with Crippen molar-refractivity contribution < 1.29 is 9.21 Å². The molecule has 4 heterocycles. The minimum absolute atomic E-state index is 0.0414. The standard InChI is InChI=1S/C18H21N3O2/c1-13-7-11-23-17(13)18(22)21-10-6-15-16(21)5-9-20(15)12-14-4-2-3-8-19-14/h2-4,7-8,11,15-16H,5-6,9-10,12H2,1H3/t15-,16+/m1/s1. The highest BCUT2D eigenvalue weighted by molar-refractivity contribution is 5.93. The van der Waals surface area contributed by atoms with Crippen LogP contribution >= 0.6 is 0 Å². The smallest absolute Gasteiger partial charge is 0.290 e. The van der Waals surface area contributed by atoms with Gasteiger partial charge in [0.2, 0.25) is 0 Å². The Hall–Kier alpha value is -2.14. The molecule has 2 atom stereocenters. The van der Waals surface area contributed by atoms with Crippen molar-refractivity contribution in [3.63, 3.8) is 0 Å². The number of carbonyl (C=O) groups is 1. The molecule has 0 aromatic carbocycles. The summed E-state index contributed by atoms with van der Waals surface area (Å²) in [7, 11) is 0. The minimum Gasteiger partial charge on any atom is -0.459 e. The third-order valence-electron chi connectivity index (χ3n) is 5.10. The van der Waals surface area contributed by atoms with Crippen molar-refractivity contribution in [2.75, 3.05) is 13.1 Å². The molecule has 0 spiro atoms. The largest absolute Gasteiger partial charge is 0.459 e. The molecule has 2 aromatic rings. The van der Waals surface area contributed by atoms with E-state index in [0.717, 1.165) is 43.7 Å². The quantitative estimate of drug-likeness (QED) is 0.874. The topological polar surface area (TPSA) is 49.6 Å². The Morgan fingerprint density at radius 2 is 2.13 bits per heavy atom. The molecule has 0 bridgehead atoms. The number of rotatable bonds is 3. The Morgan fingerprint density at radius 1 is 1.26 bits per heavy atom. The summed E-state index contributed by atoms with van der Waals surface area (Å²) in [6, 6.07) is 8.63. The van der Waals surface area contributed by atoms with E-state index in [1.165, 1.54) is 0 Å². The minimum atomic E-state index is 0.0414. The lowest BCUT2D eigenvalue weighted by atomic mass is 10.1. The first-order valence-corrected chi connectivity index (χ1v) is 8.23. The molecule has 0 unspecified atom stereocenters. The van der Waals surface area contributed by atoms with Crippen LogP contribution in [-0.2, 0) is 6.54 Å². The fourth-order valence-electron chi connectivity index (χ4n) is 3.95. The second kappa shape index (κ2) is 5.81. The summed E-state index contributed by atoms with van der Waals surface area (Å²) >= 11 is 0. The highest BCUT2D eigenvalue weighted by Crippen LogP contribution is 2.33. The van der Waals surface area contributed by atoms with Crippen LogP contribution in [0.1, 0.15) is 34.7 Å². The number of nitrogens with zero attached hydrogens (tertiary/aromatic N) is 3. The number of furan rings is 1. The van der Waals surface area contributed by atoms with Gasteiger partial charge < -0.3 is 9.32 Å². The van der Waals surface area contributed by atoms with Crippen molar-refractivity contribution in [1.82, 2.24) is 14.8 Å². The van der Waals surface area contributed by atoms with Crippen LogP contribution < -0.4 is 0 Å². The van der Waals surface area contributed by atoms with Crippen LogP contribution in [0.15, 0.2) is 41.1 Å². The fourth-order valence-corrected chi connectivity index (χ4v) is 3.95. The van der Waals surface area contributed by atoms with E-state index in [9.17, 15) is 4.79 Å². The highest BCUT2D eigenvalue weighted by Gasteiger charge is 2.45. The zero-order valence-electron chi connectivity index (χ0n) is 13.3. The van der Waals surface area contributed by atoms with Gasteiger partial charge >= 0.3 is 0 Å². The zero-order chi connectivity index (χ0) is 15.8. The predicted molar refractivity (Wildman–Crippen MR) is 85.9 cm³/mol. The maximum atomic E-state index is 12.7. The van der Waals surface area contributed by atoms with Crippen LogP contribution in [-0.4, -0.2) is 45.9 Å². The lowest BCUT2D eigenvalue weighted by Gasteiger charge is -2.25. The lowest BCUT2D eigenvalue weighted by Crippen LogP contribution is -2.39. The maximum Gasteiger partial charge on any atom is 0.290 e. The van der Waals surface area contributed by atoms with E-state index >= 15 is 0 Å². The lowest BCUT2D eigenvalue weighted by molar-refractivity contribution is 0.0698. The summed E-state index contributed by atoms with van der Waals surface area (Å²) in [5, 5.41) is 0. The molecule has 2 saturated heterocycles. The van der Waals surface area contributed by atoms with E-state index in [-0.39, 0.29) is 5.91 Å². The van der Waals surface area contributed by atoms with E-state index in [0.29, 0.717) is 17.8 Å². The molecule has 23 heavy (non-hydrogen) atoms. The monoisotopic (exact) mass is 311 g/mol. The molecular formula is C18H21N3O2. The first-order valence-electron chi connectivity index (χ1n) is 8.23. The Bertz CT molecular complexity index is 697. The average Bonchev–Trinajstić information content (AvgIpc) is 3.25. The van der Waals surface area contributed by atoms with E-state index in [1.807, 2.05) is 36.2 Å². The molecule has 0 aliphatic carbocycles. The van der Waals surface area contributed by atoms with Gasteiger partial charge in [-0.05, 0) is 38.0 Å². The number of amides is 1. The van der Waals surface area contributed by atoms with Gasteiger partial charge in [0.25, 0.3) is 5.91 Å². The summed E-state index contributed by atoms with van der Waals surface area (Å²) in [4.78, 5) is 21.6. The Morgan fingerprint density at radius 3 is 2.87 bits per heavy atom. The molecule has 120 valence electrons. The van der Waals surface area contributed by atoms with Gasteiger partial charge in [0.1, 0.15) is 0 Å². The van der Waals surface area contributed by atoms with Crippen molar-refractivity contribution in [3.05, 3.63) is 53.7 Å². The van der Waals surface area contributed by atoms with E-state index in [2.05, 4.69) is 16.0 Å². The first-order chi connectivity index (χ1) is 11.2. The summed E-state index contributed by atoms with van der Waals surface area (Å²) in [5.41, 5.74) is 2.02. The van der Waals surface area contributed by atoms with Gasteiger partial charge in [0.05, 0.1) is 12.0 Å². The fraction of sp³-hybridized carbons (Fsp3) is 0.444. The number of aromatic nitrogens is 1. The van der Waals surface area contributed by atoms with Crippen molar-refractivity contribution in [2.45, 2.75) is 38.4 Å². The van der Waals surface area contributed by atoms with E-state index in [1.54, 1.807) is 6.26 Å². The van der Waals surface area contributed by atoms with Crippen LogP contribution in [0.2, 0.25) is 0 Å². The number of likely N-dealkylation sites (tertiary alicyclic amines) is 2. The van der Waals surface area contributed by atoms with Crippen LogP contribution in [0.4, 0.5) is 0 Å². The first kappa shape index (κ1) is 14.5. The molecule has 2 aromatic heterocycles. The van der Waals surface area contributed by atoms with Gasteiger partial charge in [-0.3, -0.25) is 14.7 Å². The number of hydrogen-bond donors (Lipinski definition) is 0. The number of pyridine rings is 1. The normalized spacial score (nSPS) is 24.1. The number of fused-ring (bicyclic) bond motifs is 1. The van der Waals surface area contributed by atoms with Gasteiger partial charge in [-0.1, -0.05) is 6.07 Å². The summed E-state index contributed by atoms with van der Waals surface area (Å²) in [6.07, 6.45) is 5.50. The van der Waals surface area contributed by atoms with Crippen LogP contribution in [0, 0.1) is 6.92 Å². The average molecular weight is 311 g/mol. The number of hydrogen-bond acceptors (Lipinski definition) is 4. The van der Waals surface area contributed by atoms with Gasteiger partial charge in [-0.2, -0.15) is 0 Å². The Kier molecular flexibility index (Phi) is 3.65. The number of aryl methyl sites for hydroxylation is 1. The predicted octanol–water partition coefficient (Wildman–Crippen LogP) is 2.47. The molecule has 1 amide bonds. The van der Waals surface area contributed by atoms with Crippen LogP contribution in [0.25, 0.3) is 0 Å². The second-order valence-electron chi connectivity index (χ2n) is 6.43. The molecule has 2 aliphatic heterocycles. The van der Waals surface area contributed by atoms with Crippen molar-refractivity contribution in [1.29, 1.82) is 0 Å². The summed E-state index contributed by atoms with van der Waals surface area (Å²) < 4.78 is 5.39. The van der Waals surface area contributed by atoms with E-state index < -0.39 is 0 Å². The summed E-state index contributed by atoms with van der Waals surface area (Å²) in [6.45, 7) is 4.62. The van der Waals surface area contributed by atoms with Crippen molar-refractivity contribution >= 4 is 5.91 Å². The molecule has 2 fully saturated rings. The van der Waals surface area contributed by atoms with Crippen molar-refractivity contribution in [3.8, 4) is 0 Å². The van der Waals surface area contributed by atoms with Crippen LogP contribution in [0.3, 0.4) is 0 Å². The van der Waals surface area contributed by atoms with Crippen molar-refractivity contribution in [2.24, 2.45) is 0 Å². The highest BCUT2D eigenvalue weighted by atomic mass is 16.3. The molecule has 0 saturated carbocycles. The van der Waals surface area contributed by atoms with Gasteiger partial charge in [-0.25, -0.2) is 0 Å². The molecular weight excluding hydrogens is 290 g/mol. The number of carbonyl (C=O) groups excluding carboxylic acids is 1. The third-order valence-corrected chi connectivity index (χ3v) is 5.10. The van der Waals surface area contributed by atoms with E-state index in [4.69, 9.17) is 4.42 Å². The molecule has 5 heteroatoms. The van der Waals surface area contributed by atoms with Gasteiger partial charge in [0.15, 0.2) is 5.76 Å². The molecule has 5 nitrogen and oxygen atoms in total. The zero-order valence-corrected chi connectivity index (χ0v) is 13.3. The molecule has 0 radical (unpaired) electrons. The van der Waals surface area contributed by atoms with Gasteiger partial charge in [0, 0.05) is 43.5 Å².